The van der Waals surface area contributed by atoms with Crippen molar-refractivity contribution in [2.24, 2.45) is 0 Å². The molecule has 1 amide bonds. The van der Waals surface area contributed by atoms with Gasteiger partial charge in [-0.1, -0.05) is 6.92 Å². The second-order valence-corrected chi connectivity index (χ2v) is 6.13. The minimum atomic E-state index is -0.834. The first-order chi connectivity index (χ1) is 8.99. The number of benzene rings is 1. The molecule has 19 heavy (non-hydrogen) atoms. The van der Waals surface area contributed by atoms with E-state index in [1.807, 2.05) is 6.92 Å². The van der Waals surface area contributed by atoms with E-state index in [9.17, 15) is 13.4 Å². The predicted molar refractivity (Wildman–Crippen MR) is 76.0 cm³/mol. The standard InChI is InChI=1S/C13H19FN2O2S/c1-10(19(2)18)7-8-15-9-13(17)16-12-5-3-11(14)4-6-12/h3-6,10,15H,7-9H2,1-2H3,(H,16,17). The Labute approximate surface area is 115 Å². The smallest absolute Gasteiger partial charge is 0.238 e. The lowest BCUT2D eigenvalue weighted by Crippen LogP contribution is -2.30. The highest BCUT2D eigenvalue weighted by molar-refractivity contribution is 7.84. The topological polar surface area (TPSA) is 58.2 Å². The van der Waals surface area contributed by atoms with Crippen LogP contribution in [0.2, 0.25) is 0 Å². The monoisotopic (exact) mass is 286 g/mol. The molecule has 4 nitrogen and oxygen atoms in total. The van der Waals surface area contributed by atoms with Crippen LogP contribution in [0.25, 0.3) is 0 Å². The van der Waals surface area contributed by atoms with E-state index in [2.05, 4.69) is 10.6 Å². The van der Waals surface area contributed by atoms with Gasteiger partial charge in [0.05, 0.1) is 6.54 Å². The maximum Gasteiger partial charge on any atom is 0.238 e. The number of carbonyl (C=O) groups excluding carboxylic acids is 1. The van der Waals surface area contributed by atoms with Gasteiger partial charge in [0, 0.05) is 28.0 Å². The van der Waals surface area contributed by atoms with E-state index in [-0.39, 0.29) is 23.5 Å². The van der Waals surface area contributed by atoms with Crippen molar-refractivity contribution in [3.05, 3.63) is 30.1 Å². The Morgan fingerprint density at radius 2 is 2.00 bits per heavy atom. The van der Waals surface area contributed by atoms with Gasteiger partial charge in [-0.2, -0.15) is 0 Å². The summed E-state index contributed by atoms with van der Waals surface area (Å²) < 4.78 is 23.8. The molecular weight excluding hydrogens is 267 g/mol. The van der Waals surface area contributed by atoms with Crippen LogP contribution in [0.4, 0.5) is 10.1 Å². The van der Waals surface area contributed by atoms with Crippen LogP contribution in [0.1, 0.15) is 13.3 Å². The Morgan fingerprint density at radius 1 is 1.37 bits per heavy atom. The zero-order valence-electron chi connectivity index (χ0n) is 11.1. The maximum atomic E-state index is 12.7. The molecule has 0 saturated heterocycles. The number of hydrogen-bond acceptors (Lipinski definition) is 3. The van der Waals surface area contributed by atoms with Crippen molar-refractivity contribution in [1.82, 2.24) is 5.32 Å². The van der Waals surface area contributed by atoms with Crippen molar-refractivity contribution in [2.75, 3.05) is 24.7 Å². The molecule has 2 atom stereocenters. The third-order valence-electron chi connectivity index (χ3n) is 2.71. The highest BCUT2D eigenvalue weighted by Gasteiger charge is 2.06. The summed E-state index contributed by atoms with van der Waals surface area (Å²) in [7, 11) is -0.834. The Kier molecular flexibility index (Phi) is 6.66. The summed E-state index contributed by atoms with van der Waals surface area (Å²) >= 11 is 0. The van der Waals surface area contributed by atoms with Gasteiger partial charge in [-0.05, 0) is 37.2 Å². The Morgan fingerprint density at radius 3 is 2.58 bits per heavy atom. The molecule has 2 N–H and O–H groups in total. The summed E-state index contributed by atoms with van der Waals surface area (Å²) in [4.78, 5) is 11.5. The van der Waals surface area contributed by atoms with Gasteiger partial charge >= 0.3 is 0 Å². The molecule has 0 bridgehead atoms. The van der Waals surface area contributed by atoms with Crippen LogP contribution < -0.4 is 10.6 Å². The SMILES string of the molecule is CC(CCNCC(=O)Nc1ccc(F)cc1)S(C)=O. The summed E-state index contributed by atoms with van der Waals surface area (Å²) in [5, 5.41) is 5.75. The van der Waals surface area contributed by atoms with Crippen LogP contribution in [0.15, 0.2) is 24.3 Å². The van der Waals surface area contributed by atoms with Crippen molar-refractivity contribution < 1.29 is 13.4 Å². The Bertz CT molecular complexity index is 437. The van der Waals surface area contributed by atoms with E-state index in [1.54, 1.807) is 6.26 Å². The fourth-order valence-corrected chi connectivity index (χ4v) is 1.86. The number of amides is 1. The zero-order chi connectivity index (χ0) is 14.3. The van der Waals surface area contributed by atoms with Gasteiger partial charge in [0.15, 0.2) is 0 Å². The van der Waals surface area contributed by atoms with Crippen molar-refractivity contribution in [3.63, 3.8) is 0 Å². The lowest BCUT2D eigenvalue weighted by atomic mass is 10.3. The number of hydrogen-bond donors (Lipinski definition) is 2. The summed E-state index contributed by atoms with van der Waals surface area (Å²) in [5.74, 6) is -0.519. The van der Waals surface area contributed by atoms with Crippen LogP contribution in [0, 0.1) is 5.82 Å². The molecule has 0 aliphatic carbocycles. The quantitative estimate of drug-likeness (QED) is 0.747. The molecule has 0 saturated carbocycles. The van der Waals surface area contributed by atoms with Crippen molar-refractivity contribution in [3.8, 4) is 0 Å². The van der Waals surface area contributed by atoms with E-state index in [0.717, 1.165) is 6.42 Å². The minimum absolute atomic E-state index is 0.118. The highest BCUT2D eigenvalue weighted by atomic mass is 32.2. The predicted octanol–water partition coefficient (Wildman–Crippen LogP) is 1.51. The largest absolute Gasteiger partial charge is 0.325 e. The minimum Gasteiger partial charge on any atom is -0.325 e. The lowest BCUT2D eigenvalue weighted by molar-refractivity contribution is -0.115. The summed E-state index contributed by atoms with van der Waals surface area (Å²) in [6, 6.07) is 5.60. The van der Waals surface area contributed by atoms with Crippen molar-refractivity contribution in [2.45, 2.75) is 18.6 Å². The maximum absolute atomic E-state index is 12.7. The number of nitrogens with one attached hydrogen (secondary N) is 2. The van der Waals surface area contributed by atoms with Gasteiger partial charge in [-0.25, -0.2) is 4.39 Å². The first-order valence-electron chi connectivity index (χ1n) is 6.07. The van der Waals surface area contributed by atoms with Crippen LogP contribution >= 0.6 is 0 Å². The fourth-order valence-electron chi connectivity index (χ4n) is 1.41. The van der Waals surface area contributed by atoms with Gasteiger partial charge in [0.1, 0.15) is 5.82 Å². The van der Waals surface area contributed by atoms with Crippen LogP contribution in [0.3, 0.4) is 0 Å². The van der Waals surface area contributed by atoms with E-state index >= 15 is 0 Å². The highest BCUT2D eigenvalue weighted by Crippen LogP contribution is 2.07. The molecule has 1 aromatic carbocycles. The van der Waals surface area contributed by atoms with Gasteiger partial charge in [0.25, 0.3) is 0 Å². The molecule has 0 fully saturated rings. The van der Waals surface area contributed by atoms with Crippen LogP contribution in [0.5, 0.6) is 0 Å². The van der Waals surface area contributed by atoms with Gasteiger partial charge in [-0.3, -0.25) is 9.00 Å². The van der Waals surface area contributed by atoms with Gasteiger partial charge < -0.3 is 10.6 Å². The normalized spacial score (nSPS) is 13.8. The van der Waals surface area contributed by atoms with Gasteiger partial charge in [0.2, 0.25) is 5.91 Å². The molecule has 0 radical (unpaired) electrons. The van der Waals surface area contributed by atoms with E-state index in [1.165, 1.54) is 24.3 Å². The molecule has 106 valence electrons. The van der Waals surface area contributed by atoms with Crippen LogP contribution in [-0.4, -0.2) is 34.7 Å². The molecule has 0 heterocycles. The molecule has 0 aliphatic rings. The molecule has 2 unspecified atom stereocenters. The van der Waals surface area contributed by atoms with E-state index in [0.29, 0.717) is 12.2 Å². The Balaban J connectivity index is 2.21. The third-order valence-corrected chi connectivity index (χ3v) is 4.08. The zero-order valence-corrected chi connectivity index (χ0v) is 11.9. The van der Waals surface area contributed by atoms with E-state index < -0.39 is 10.8 Å². The number of carbonyl (C=O) groups is 1. The first kappa shape index (κ1) is 15.8. The molecule has 0 aromatic heterocycles. The average molecular weight is 286 g/mol. The Hall–Kier alpha value is -1.27. The van der Waals surface area contributed by atoms with Crippen molar-refractivity contribution in [1.29, 1.82) is 0 Å². The molecule has 1 aromatic rings. The lowest BCUT2D eigenvalue weighted by Gasteiger charge is -2.09. The third kappa shape index (κ3) is 6.45. The second-order valence-electron chi connectivity index (χ2n) is 4.33. The number of rotatable bonds is 7. The summed E-state index contributed by atoms with van der Waals surface area (Å²) in [5.41, 5.74) is 0.566. The van der Waals surface area contributed by atoms with Crippen molar-refractivity contribution >= 4 is 22.4 Å². The number of anilines is 1. The summed E-state index contributed by atoms with van der Waals surface area (Å²) in [6.07, 6.45) is 2.43. The average Bonchev–Trinajstić information content (AvgIpc) is 2.37. The molecular formula is C13H19FN2O2S. The van der Waals surface area contributed by atoms with E-state index in [4.69, 9.17) is 0 Å². The molecule has 1 rings (SSSR count). The molecule has 0 aliphatic heterocycles. The fraction of sp³-hybridized carbons (Fsp3) is 0.462. The van der Waals surface area contributed by atoms with Gasteiger partial charge in [-0.15, -0.1) is 0 Å². The first-order valence-corrected chi connectivity index (χ1v) is 7.69. The van der Waals surface area contributed by atoms with Crippen LogP contribution in [-0.2, 0) is 15.6 Å². The second kappa shape index (κ2) is 8.01. The molecule has 0 spiro atoms. The summed E-state index contributed by atoms with van der Waals surface area (Å²) in [6.45, 7) is 2.73. The number of halogens is 1. The molecule has 6 heteroatoms.